The van der Waals surface area contributed by atoms with Crippen molar-refractivity contribution in [3.63, 3.8) is 0 Å². The quantitative estimate of drug-likeness (QED) is 0.326. The van der Waals surface area contributed by atoms with Gasteiger partial charge in [-0.15, -0.1) is 0 Å². The number of hydrogen-bond acceptors (Lipinski definition) is 4. The topological polar surface area (TPSA) is 36.0 Å². The number of carbonyl (C=O) groups is 1. The van der Waals surface area contributed by atoms with Crippen LogP contribution in [0.3, 0.4) is 0 Å². The second-order valence-electron chi connectivity index (χ2n) is 11.0. The van der Waals surface area contributed by atoms with Crippen molar-refractivity contribution >= 4 is 16.7 Å². The van der Waals surface area contributed by atoms with Crippen molar-refractivity contribution in [1.82, 2.24) is 14.7 Å². The van der Waals surface area contributed by atoms with Crippen LogP contribution in [0.15, 0.2) is 60.7 Å². The summed E-state index contributed by atoms with van der Waals surface area (Å²) in [5, 5.41) is 2.16. The van der Waals surface area contributed by atoms with Crippen LogP contribution in [0.4, 0.5) is 22.0 Å². The number of hydrogen-bond donors (Lipinski definition) is 0. The fourth-order valence-electron chi connectivity index (χ4n) is 5.76. The van der Waals surface area contributed by atoms with Gasteiger partial charge in [-0.1, -0.05) is 42.5 Å². The molecule has 2 saturated heterocycles. The minimum absolute atomic E-state index is 0.0278. The number of rotatable bonds is 7. The van der Waals surface area contributed by atoms with Crippen LogP contribution in [-0.4, -0.2) is 85.5 Å². The Morgan fingerprint density at radius 1 is 0.902 bits per heavy atom. The van der Waals surface area contributed by atoms with Crippen molar-refractivity contribution in [2.75, 3.05) is 52.9 Å². The Labute approximate surface area is 236 Å². The molecule has 220 valence electrons. The molecule has 5 nitrogen and oxygen atoms in total. The lowest BCUT2D eigenvalue weighted by molar-refractivity contribution is -0.137. The molecule has 2 fully saturated rings. The van der Waals surface area contributed by atoms with Crippen molar-refractivity contribution in [2.24, 2.45) is 0 Å². The van der Waals surface area contributed by atoms with Crippen LogP contribution in [0.2, 0.25) is 0 Å². The van der Waals surface area contributed by atoms with Gasteiger partial charge in [0.05, 0.1) is 12.7 Å². The maximum absolute atomic E-state index is 13.7. The summed E-state index contributed by atoms with van der Waals surface area (Å²) < 4.78 is 73.0. The number of halogens is 5. The van der Waals surface area contributed by atoms with Gasteiger partial charge in [-0.25, -0.2) is 8.78 Å². The number of piperazine rings is 1. The highest BCUT2D eigenvalue weighted by molar-refractivity contribution is 5.95. The number of nitrogens with zero attached hydrogens (tertiary/aromatic N) is 3. The number of fused-ring (bicyclic) bond motifs is 1. The Balaban J connectivity index is 1.36. The molecule has 10 heteroatoms. The third-order valence-electron chi connectivity index (χ3n) is 8.15. The highest BCUT2D eigenvalue weighted by Gasteiger charge is 2.36. The van der Waals surface area contributed by atoms with Gasteiger partial charge in [0.1, 0.15) is 5.75 Å². The lowest BCUT2D eigenvalue weighted by atomic mass is 9.98. The van der Waals surface area contributed by atoms with Gasteiger partial charge in [-0.05, 0) is 41.0 Å². The molecule has 1 atom stereocenters. The fourth-order valence-corrected chi connectivity index (χ4v) is 5.76. The average Bonchev–Trinajstić information content (AvgIpc) is 2.95. The number of amides is 1. The highest BCUT2D eigenvalue weighted by Crippen LogP contribution is 2.33. The summed E-state index contributed by atoms with van der Waals surface area (Å²) >= 11 is 0. The molecule has 0 N–H and O–H groups in total. The molecule has 1 amide bonds. The van der Waals surface area contributed by atoms with E-state index in [1.807, 2.05) is 41.3 Å². The molecule has 0 spiro atoms. The molecule has 3 aromatic carbocycles. The normalized spacial score (nSPS) is 20.3. The molecule has 2 heterocycles. The number of benzene rings is 3. The molecule has 0 bridgehead atoms. The molecule has 0 unspecified atom stereocenters. The zero-order valence-corrected chi connectivity index (χ0v) is 23.0. The summed E-state index contributed by atoms with van der Waals surface area (Å²) in [4.78, 5) is 19.7. The van der Waals surface area contributed by atoms with Crippen molar-refractivity contribution in [3.05, 3.63) is 77.4 Å². The number of carbonyl (C=O) groups excluding carboxylic acids is 1. The number of alkyl halides is 5. The SMILES string of the molecule is COc1cc(C(=O)N2CCN(CCN3CCC(F)(F)CC3)C[C@H]2Cc2ccc3ccccc3c2)cc(C(F)(F)F)c1. The Bertz CT molecular complexity index is 1370. The van der Waals surface area contributed by atoms with Crippen LogP contribution in [0.1, 0.15) is 34.3 Å². The van der Waals surface area contributed by atoms with E-state index in [2.05, 4.69) is 11.0 Å². The van der Waals surface area contributed by atoms with E-state index in [1.54, 1.807) is 4.90 Å². The smallest absolute Gasteiger partial charge is 0.416 e. The molecule has 0 aromatic heterocycles. The summed E-state index contributed by atoms with van der Waals surface area (Å²) in [7, 11) is 1.27. The molecule has 5 rings (SSSR count). The van der Waals surface area contributed by atoms with Crippen LogP contribution < -0.4 is 4.74 Å². The number of ether oxygens (including phenoxy) is 1. The van der Waals surface area contributed by atoms with Gasteiger partial charge in [0.25, 0.3) is 11.8 Å². The maximum atomic E-state index is 13.7. The average molecular weight is 576 g/mol. The van der Waals surface area contributed by atoms with Gasteiger partial charge >= 0.3 is 6.18 Å². The Morgan fingerprint density at radius 3 is 2.32 bits per heavy atom. The third kappa shape index (κ3) is 7.16. The number of likely N-dealkylation sites (tertiary alicyclic amines) is 1. The second-order valence-corrected chi connectivity index (χ2v) is 11.0. The summed E-state index contributed by atoms with van der Waals surface area (Å²) in [6.07, 6.45) is -4.37. The third-order valence-corrected chi connectivity index (χ3v) is 8.15. The molecule has 0 radical (unpaired) electrons. The predicted molar refractivity (Wildman–Crippen MR) is 148 cm³/mol. The predicted octanol–water partition coefficient (Wildman–Crippen LogP) is 5.97. The first kappa shape index (κ1) is 29.3. The summed E-state index contributed by atoms with van der Waals surface area (Å²) in [6.45, 7) is 3.43. The van der Waals surface area contributed by atoms with Crippen molar-refractivity contribution in [1.29, 1.82) is 0 Å². The lowest BCUT2D eigenvalue weighted by Crippen LogP contribution is -2.57. The first-order valence-corrected chi connectivity index (χ1v) is 13.9. The van der Waals surface area contributed by atoms with Crippen molar-refractivity contribution in [2.45, 2.75) is 37.4 Å². The first-order valence-electron chi connectivity index (χ1n) is 13.9. The van der Waals surface area contributed by atoms with Gasteiger partial charge in [0.15, 0.2) is 0 Å². The van der Waals surface area contributed by atoms with E-state index < -0.39 is 23.6 Å². The zero-order chi connectivity index (χ0) is 29.2. The van der Waals surface area contributed by atoms with Crippen LogP contribution >= 0.6 is 0 Å². The van der Waals surface area contributed by atoms with Crippen molar-refractivity contribution < 1.29 is 31.5 Å². The lowest BCUT2D eigenvalue weighted by Gasteiger charge is -2.42. The van der Waals surface area contributed by atoms with E-state index in [1.165, 1.54) is 13.2 Å². The zero-order valence-electron chi connectivity index (χ0n) is 23.0. The number of piperidine rings is 1. The molecule has 41 heavy (non-hydrogen) atoms. The fraction of sp³-hybridized carbons (Fsp3) is 0.452. The minimum atomic E-state index is -4.62. The van der Waals surface area contributed by atoms with Crippen LogP contribution in [0, 0.1) is 0 Å². The van der Waals surface area contributed by atoms with Gasteiger partial charge < -0.3 is 14.5 Å². The minimum Gasteiger partial charge on any atom is -0.497 e. The van der Waals surface area contributed by atoms with E-state index in [0.29, 0.717) is 52.2 Å². The van der Waals surface area contributed by atoms with Crippen molar-refractivity contribution in [3.8, 4) is 5.75 Å². The first-order chi connectivity index (χ1) is 19.5. The van der Waals surface area contributed by atoms with Gasteiger partial charge in [-0.2, -0.15) is 13.2 Å². The number of methoxy groups -OCH3 is 1. The molecule has 0 saturated carbocycles. The molecular formula is C31H34F5N3O2. The molecule has 3 aromatic rings. The van der Waals surface area contributed by atoms with Gasteiger partial charge in [0.2, 0.25) is 0 Å². The van der Waals surface area contributed by atoms with E-state index in [9.17, 15) is 26.7 Å². The Morgan fingerprint density at radius 2 is 1.61 bits per heavy atom. The van der Waals surface area contributed by atoms with Gasteiger partial charge in [-0.3, -0.25) is 9.69 Å². The Kier molecular flexibility index (Phi) is 8.52. The summed E-state index contributed by atoms with van der Waals surface area (Å²) in [5.41, 5.74) is 0.0214. The van der Waals surface area contributed by atoms with Crippen LogP contribution in [0.5, 0.6) is 5.75 Å². The molecular weight excluding hydrogens is 541 g/mol. The highest BCUT2D eigenvalue weighted by atomic mass is 19.4. The maximum Gasteiger partial charge on any atom is 0.416 e. The molecule has 2 aliphatic rings. The summed E-state index contributed by atoms with van der Waals surface area (Å²) in [5.74, 6) is -3.10. The van der Waals surface area contributed by atoms with E-state index >= 15 is 0 Å². The largest absolute Gasteiger partial charge is 0.497 e. The van der Waals surface area contributed by atoms with Gasteiger partial charge in [0, 0.05) is 70.3 Å². The second kappa shape index (κ2) is 11.9. The monoisotopic (exact) mass is 575 g/mol. The standard InChI is InChI=1S/C31H34F5N3O2/c1-41-28-19-25(18-26(20-28)31(34,35)36)29(40)39-15-14-38(13-12-37-10-8-30(32,33)9-11-37)21-27(39)17-22-6-7-23-4-2-3-5-24(23)16-22/h2-7,16,18-20,27H,8-15,17,21H2,1H3/t27-/m1/s1. The van der Waals surface area contributed by atoms with Crippen LogP contribution in [-0.2, 0) is 12.6 Å². The van der Waals surface area contributed by atoms with E-state index in [0.717, 1.165) is 28.5 Å². The molecule has 2 aliphatic heterocycles. The Hall–Kier alpha value is -3.24. The summed E-state index contributed by atoms with van der Waals surface area (Å²) in [6, 6.07) is 16.9. The molecule has 0 aliphatic carbocycles. The van der Waals surface area contributed by atoms with E-state index in [4.69, 9.17) is 4.74 Å². The van der Waals surface area contributed by atoms with Crippen LogP contribution in [0.25, 0.3) is 10.8 Å². The van der Waals surface area contributed by atoms with E-state index in [-0.39, 0.29) is 30.2 Å².